The molecule has 1 aliphatic rings. The summed E-state index contributed by atoms with van der Waals surface area (Å²) in [6, 6.07) is 20.4. The smallest absolute Gasteiger partial charge is 0.435 e. The Balaban J connectivity index is 1.14. The van der Waals surface area contributed by atoms with E-state index in [0.717, 1.165) is 33.5 Å². The molecule has 1 saturated heterocycles. The van der Waals surface area contributed by atoms with Gasteiger partial charge in [0.2, 0.25) is 5.28 Å². The first-order chi connectivity index (χ1) is 22.3. The van der Waals surface area contributed by atoms with Crippen LogP contribution in [0.1, 0.15) is 21.6 Å². The van der Waals surface area contributed by atoms with E-state index in [1.807, 2.05) is 6.92 Å². The van der Waals surface area contributed by atoms with Crippen molar-refractivity contribution < 1.29 is 50.5 Å². The van der Waals surface area contributed by atoms with Crippen LogP contribution < -0.4 is 4.72 Å². The quantitative estimate of drug-likeness (QED) is 0.0628. The van der Waals surface area contributed by atoms with Crippen LogP contribution in [-0.4, -0.2) is 66.2 Å². The fourth-order valence-corrected chi connectivity index (χ4v) is 5.13. The lowest BCUT2D eigenvalue weighted by Crippen LogP contribution is -2.56. The first-order valence-corrected chi connectivity index (χ1v) is 15.1. The molecule has 1 N–H and O–H groups in total. The molecule has 0 atom stereocenters. The second-order valence-corrected chi connectivity index (χ2v) is 11.8. The van der Waals surface area contributed by atoms with E-state index in [1.165, 1.54) is 24.3 Å². The molecule has 1 fully saturated rings. The molecular weight excluding hydrogens is 649 g/mol. The molecule has 1 aliphatic heterocycles. The third-order valence-electron chi connectivity index (χ3n) is 6.68. The standard InChI is InChI=1S/C29H25F3N6O8S/c1-19-7-9-20(10-8-19)25-15-26(29(30,31)32)33-37(25)22-11-13-24(14-12-22)47(42,43)34-28(40)46-23-16-36(17-23)38(41)35-45-18-44-27(39)21-5-3-2-4-6-21/h2-15,23H,16-18H2,1H3,(H,34,40). The van der Waals surface area contributed by atoms with Crippen LogP contribution in [0.4, 0.5) is 18.0 Å². The number of carbonyl (C=O) groups is 2. The lowest BCUT2D eigenvalue weighted by molar-refractivity contribution is -0.727. The number of hydrazine groups is 1. The minimum Gasteiger partial charge on any atom is -0.569 e. The van der Waals surface area contributed by atoms with Gasteiger partial charge in [0.15, 0.2) is 5.69 Å². The first kappa shape index (κ1) is 32.7. The largest absolute Gasteiger partial charge is 0.569 e. The molecule has 3 aromatic carbocycles. The van der Waals surface area contributed by atoms with Crippen molar-refractivity contribution in [2.24, 2.45) is 5.28 Å². The number of esters is 1. The van der Waals surface area contributed by atoms with Crippen LogP contribution in [0, 0.1) is 12.1 Å². The van der Waals surface area contributed by atoms with Gasteiger partial charge in [0.05, 0.1) is 26.8 Å². The van der Waals surface area contributed by atoms with Gasteiger partial charge in [0, 0.05) is 5.56 Å². The number of alkyl halides is 3. The number of nitrogens with one attached hydrogen (secondary N) is 1. The highest BCUT2D eigenvalue weighted by Gasteiger charge is 2.38. The number of rotatable bonds is 10. The third kappa shape index (κ3) is 7.96. The van der Waals surface area contributed by atoms with Crippen molar-refractivity contribution in [3.63, 3.8) is 0 Å². The zero-order valence-corrected chi connectivity index (χ0v) is 25.1. The molecule has 4 aromatic rings. The molecule has 0 saturated carbocycles. The van der Waals surface area contributed by atoms with E-state index in [9.17, 15) is 36.4 Å². The number of halogens is 3. The molecule has 14 nitrogen and oxygen atoms in total. The van der Waals surface area contributed by atoms with Gasteiger partial charge in [-0.25, -0.2) is 27.4 Å². The fraction of sp³-hybridized carbons (Fsp3) is 0.207. The Morgan fingerprint density at radius 1 is 1.04 bits per heavy atom. The summed E-state index contributed by atoms with van der Waals surface area (Å²) in [6.45, 7) is 0.910. The molecule has 0 radical (unpaired) electrons. The molecule has 1 aromatic heterocycles. The Kier molecular flexibility index (Phi) is 9.31. The van der Waals surface area contributed by atoms with Crippen LogP contribution in [0.15, 0.2) is 95.1 Å². The van der Waals surface area contributed by atoms with Crippen LogP contribution >= 0.6 is 0 Å². The first-order valence-electron chi connectivity index (χ1n) is 13.7. The minimum absolute atomic E-state index is 0.0495. The topological polar surface area (TPSA) is 167 Å². The van der Waals surface area contributed by atoms with Crippen molar-refractivity contribution in [3.05, 3.63) is 107 Å². The SMILES string of the molecule is Cc1ccc(-c2cc(C(F)(F)F)nn2-c2ccc(S(=O)(=O)NC(=O)OC3CN([N+]([O-])=NOCOC(=O)c4ccccc4)C3)cc2)cc1. The summed E-state index contributed by atoms with van der Waals surface area (Å²) < 4.78 is 78.6. The van der Waals surface area contributed by atoms with Crippen LogP contribution in [0.3, 0.4) is 0 Å². The Hall–Kier alpha value is -5.65. The maximum absolute atomic E-state index is 13.5. The second-order valence-electron chi connectivity index (χ2n) is 10.1. The summed E-state index contributed by atoms with van der Waals surface area (Å²) in [4.78, 5) is 28.4. The van der Waals surface area contributed by atoms with Crippen molar-refractivity contribution in [1.29, 1.82) is 0 Å². The fourth-order valence-electron chi connectivity index (χ4n) is 4.25. The number of aromatic nitrogens is 2. The molecule has 0 spiro atoms. The van der Waals surface area contributed by atoms with E-state index in [2.05, 4.69) is 15.2 Å². The number of hydrogen-bond acceptors (Lipinski definition) is 10. The summed E-state index contributed by atoms with van der Waals surface area (Å²) in [5, 5.41) is 19.9. The van der Waals surface area contributed by atoms with Crippen LogP contribution in [-0.2, 0) is 30.5 Å². The predicted octanol–water partition coefficient (Wildman–Crippen LogP) is 4.59. The lowest BCUT2D eigenvalue weighted by atomic mass is 10.1. The third-order valence-corrected chi connectivity index (χ3v) is 8.01. The predicted molar refractivity (Wildman–Crippen MR) is 155 cm³/mol. The van der Waals surface area contributed by atoms with Crippen molar-refractivity contribution >= 4 is 22.1 Å². The number of hydrogen-bond donors (Lipinski definition) is 1. The number of benzene rings is 3. The number of amides is 1. The molecule has 2 heterocycles. The molecule has 47 heavy (non-hydrogen) atoms. The maximum Gasteiger partial charge on any atom is 0.435 e. The highest BCUT2D eigenvalue weighted by molar-refractivity contribution is 7.90. The molecular formula is C29H25F3N6O8S. The van der Waals surface area contributed by atoms with Gasteiger partial charge in [-0.3, -0.25) is 0 Å². The van der Waals surface area contributed by atoms with Crippen molar-refractivity contribution in [3.8, 4) is 16.9 Å². The number of sulfonamides is 1. The molecule has 5 rings (SSSR count). The van der Waals surface area contributed by atoms with E-state index < -0.39 is 46.9 Å². The summed E-state index contributed by atoms with van der Waals surface area (Å²) in [5.41, 5.74) is 0.776. The van der Waals surface area contributed by atoms with Crippen LogP contribution in [0.25, 0.3) is 16.9 Å². The average molecular weight is 675 g/mol. The Labute approximate surface area is 265 Å². The monoisotopic (exact) mass is 674 g/mol. The van der Waals surface area contributed by atoms with Gasteiger partial charge < -0.3 is 19.5 Å². The average Bonchev–Trinajstić information content (AvgIpc) is 3.48. The van der Waals surface area contributed by atoms with E-state index in [0.29, 0.717) is 5.56 Å². The highest BCUT2D eigenvalue weighted by Crippen LogP contribution is 2.33. The summed E-state index contributed by atoms with van der Waals surface area (Å²) in [5.74, 6) is -0.683. The maximum atomic E-state index is 13.5. The highest BCUT2D eigenvalue weighted by atomic mass is 32.2. The van der Waals surface area contributed by atoms with Crippen molar-refractivity contribution in [1.82, 2.24) is 19.5 Å². The molecule has 18 heteroatoms. The number of aryl methyl sites for hydroxylation is 1. The minimum atomic E-state index is -4.72. The number of nitrogens with zero attached hydrogens (tertiary/aromatic N) is 5. The van der Waals surface area contributed by atoms with Gasteiger partial charge in [-0.05, 0) is 49.4 Å². The number of ether oxygens (including phenoxy) is 2. The summed E-state index contributed by atoms with van der Waals surface area (Å²) >= 11 is 0. The van der Waals surface area contributed by atoms with Gasteiger partial charge in [-0.2, -0.15) is 18.3 Å². The van der Waals surface area contributed by atoms with Crippen LogP contribution in [0.5, 0.6) is 0 Å². The van der Waals surface area contributed by atoms with Crippen LogP contribution in [0.2, 0.25) is 0 Å². The van der Waals surface area contributed by atoms with Crippen molar-refractivity contribution in [2.45, 2.75) is 24.1 Å². The lowest BCUT2D eigenvalue weighted by Gasteiger charge is -2.33. The molecule has 0 bridgehead atoms. The van der Waals surface area contributed by atoms with Gasteiger partial charge in [0.1, 0.15) is 19.2 Å². The Bertz CT molecular complexity index is 1880. The van der Waals surface area contributed by atoms with E-state index in [-0.39, 0.29) is 39.9 Å². The summed E-state index contributed by atoms with van der Waals surface area (Å²) in [7, 11) is -4.45. The van der Waals surface area contributed by atoms with E-state index in [4.69, 9.17) is 9.47 Å². The zero-order valence-electron chi connectivity index (χ0n) is 24.3. The van der Waals surface area contributed by atoms with Gasteiger partial charge in [0.25, 0.3) is 16.8 Å². The molecule has 246 valence electrons. The molecule has 0 unspecified atom stereocenters. The molecule has 1 amide bonds. The Morgan fingerprint density at radius 3 is 2.34 bits per heavy atom. The zero-order chi connectivity index (χ0) is 33.8. The Morgan fingerprint density at radius 2 is 1.70 bits per heavy atom. The normalized spacial score (nSPS) is 13.9. The molecule has 0 aliphatic carbocycles. The van der Waals surface area contributed by atoms with Gasteiger partial charge in [-0.1, -0.05) is 48.0 Å². The van der Waals surface area contributed by atoms with E-state index in [1.54, 1.807) is 47.2 Å². The second kappa shape index (κ2) is 13.4. The van der Waals surface area contributed by atoms with Gasteiger partial charge in [-0.15, -0.1) is 5.01 Å². The summed E-state index contributed by atoms with van der Waals surface area (Å²) in [6.07, 6.45) is -6.90. The van der Waals surface area contributed by atoms with E-state index >= 15 is 0 Å². The van der Waals surface area contributed by atoms with Gasteiger partial charge >= 0.3 is 18.2 Å². The number of carbonyl (C=O) groups excluding carboxylic acids is 2. The van der Waals surface area contributed by atoms with Crippen molar-refractivity contribution in [2.75, 3.05) is 19.9 Å².